The van der Waals surface area contributed by atoms with Crippen LogP contribution in [0.2, 0.25) is 0 Å². The van der Waals surface area contributed by atoms with Gasteiger partial charge < -0.3 is 4.90 Å². The van der Waals surface area contributed by atoms with E-state index in [0.29, 0.717) is 25.2 Å². The van der Waals surface area contributed by atoms with Gasteiger partial charge in [-0.2, -0.15) is 4.31 Å². The van der Waals surface area contributed by atoms with Crippen LogP contribution < -0.4 is 4.90 Å². The Hall–Kier alpha value is -1.70. The zero-order valence-corrected chi connectivity index (χ0v) is 19.9. The number of benzene rings is 2. The van der Waals surface area contributed by atoms with Crippen LogP contribution in [0, 0.1) is 0 Å². The predicted molar refractivity (Wildman–Crippen MR) is 125 cm³/mol. The molecule has 0 bridgehead atoms. The van der Waals surface area contributed by atoms with Gasteiger partial charge in [0.1, 0.15) is 0 Å². The second kappa shape index (κ2) is 8.01. The Morgan fingerprint density at radius 2 is 1.68 bits per heavy atom. The smallest absolute Gasteiger partial charge is 0.258 e. The summed E-state index contributed by atoms with van der Waals surface area (Å²) in [5.74, 6) is -0.121. The molecule has 31 heavy (non-hydrogen) atoms. The summed E-state index contributed by atoms with van der Waals surface area (Å²) in [5, 5.41) is 0. The molecule has 1 amide bonds. The van der Waals surface area contributed by atoms with Crippen molar-refractivity contribution in [2.75, 3.05) is 24.5 Å². The molecule has 2 aliphatic heterocycles. The van der Waals surface area contributed by atoms with Crippen molar-refractivity contribution in [1.29, 1.82) is 0 Å². The van der Waals surface area contributed by atoms with Crippen molar-refractivity contribution in [2.45, 2.75) is 55.3 Å². The molecule has 7 heteroatoms. The lowest BCUT2D eigenvalue weighted by Crippen LogP contribution is -2.38. The number of hydrogen-bond acceptors (Lipinski definition) is 3. The molecule has 0 unspecified atom stereocenters. The Labute approximate surface area is 192 Å². The van der Waals surface area contributed by atoms with E-state index in [9.17, 15) is 13.2 Å². The molecule has 164 valence electrons. The molecule has 2 aromatic carbocycles. The topological polar surface area (TPSA) is 57.7 Å². The van der Waals surface area contributed by atoms with Crippen LogP contribution in [-0.2, 0) is 15.4 Å². The van der Waals surface area contributed by atoms with Crippen molar-refractivity contribution in [3.8, 4) is 0 Å². The first-order valence-electron chi connectivity index (χ1n) is 11.1. The van der Waals surface area contributed by atoms with E-state index >= 15 is 0 Å². The number of amides is 1. The summed E-state index contributed by atoms with van der Waals surface area (Å²) in [7, 11) is -3.55. The third-order valence-corrected chi connectivity index (χ3v) is 9.51. The first-order chi connectivity index (χ1) is 14.9. The van der Waals surface area contributed by atoms with E-state index in [1.807, 2.05) is 17.0 Å². The molecule has 1 saturated heterocycles. The van der Waals surface area contributed by atoms with E-state index in [2.05, 4.69) is 22.0 Å². The molecule has 0 radical (unpaired) electrons. The van der Waals surface area contributed by atoms with Crippen LogP contribution in [0.1, 0.15) is 60.9 Å². The van der Waals surface area contributed by atoms with Crippen LogP contribution in [0.5, 0.6) is 0 Å². The van der Waals surface area contributed by atoms with Gasteiger partial charge in [-0.3, -0.25) is 4.79 Å². The highest BCUT2D eigenvalue weighted by molar-refractivity contribution is 9.10. The van der Waals surface area contributed by atoms with Crippen LogP contribution in [0.15, 0.2) is 51.8 Å². The van der Waals surface area contributed by atoms with Gasteiger partial charge >= 0.3 is 0 Å². The molecule has 2 fully saturated rings. The molecule has 2 heterocycles. The van der Waals surface area contributed by atoms with E-state index in [0.717, 1.165) is 35.8 Å². The maximum Gasteiger partial charge on any atom is 0.258 e. The predicted octanol–water partition coefficient (Wildman–Crippen LogP) is 5.10. The van der Waals surface area contributed by atoms with Crippen molar-refractivity contribution in [3.05, 3.63) is 58.1 Å². The molecule has 0 atom stereocenters. The molecule has 5 rings (SSSR count). The zero-order valence-electron chi connectivity index (χ0n) is 17.5. The molecular formula is C24H27BrN2O3S. The zero-order chi connectivity index (χ0) is 21.6. The Bertz CT molecular complexity index is 1120. The molecule has 0 N–H and O–H groups in total. The van der Waals surface area contributed by atoms with Crippen LogP contribution in [0.4, 0.5) is 5.69 Å². The lowest BCUT2D eigenvalue weighted by Gasteiger charge is -2.34. The number of fused-ring (bicyclic) bond motifs is 2. The number of halogens is 1. The molecular weight excluding hydrogens is 476 g/mol. The maximum atomic E-state index is 13.6. The number of anilines is 1. The van der Waals surface area contributed by atoms with Crippen molar-refractivity contribution in [3.63, 3.8) is 0 Å². The molecule has 5 nitrogen and oxygen atoms in total. The first kappa shape index (κ1) is 21.2. The van der Waals surface area contributed by atoms with Crippen molar-refractivity contribution in [2.24, 2.45) is 0 Å². The fourth-order valence-corrected chi connectivity index (χ4v) is 7.43. The summed E-state index contributed by atoms with van der Waals surface area (Å²) >= 11 is 3.61. The van der Waals surface area contributed by atoms with E-state index in [1.165, 1.54) is 29.1 Å². The minimum atomic E-state index is -3.55. The van der Waals surface area contributed by atoms with Crippen LogP contribution in [0.25, 0.3) is 0 Å². The van der Waals surface area contributed by atoms with E-state index in [-0.39, 0.29) is 16.2 Å². The third-order valence-electron chi connectivity index (χ3n) is 7.12. The number of rotatable bonds is 3. The standard InChI is InChI=1S/C24H27BrN2O3S/c25-19-9-10-22-21(16-19)24(11-2-1-3-12-24)17-27(22)23(28)18-7-6-8-20(15-18)31(29,30)26-13-4-5-14-26/h6-10,15-16H,1-5,11-14,17H2. The van der Waals surface area contributed by atoms with E-state index < -0.39 is 10.0 Å². The molecule has 0 aromatic heterocycles. The maximum absolute atomic E-state index is 13.6. The first-order valence-corrected chi connectivity index (χ1v) is 13.4. The fourth-order valence-electron chi connectivity index (χ4n) is 5.50. The molecule has 3 aliphatic rings. The van der Waals surface area contributed by atoms with E-state index in [1.54, 1.807) is 24.3 Å². The largest absolute Gasteiger partial charge is 0.307 e. The Morgan fingerprint density at radius 3 is 2.42 bits per heavy atom. The van der Waals surface area contributed by atoms with Gasteiger partial charge in [-0.15, -0.1) is 0 Å². The van der Waals surface area contributed by atoms with Gasteiger partial charge in [-0.25, -0.2) is 8.42 Å². The molecule has 1 spiro atoms. The molecule has 1 aliphatic carbocycles. The highest BCUT2D eigenvalue weighted by Gasteiger charge is 2.45. The second-order valence-corrected chi connectivity index (χ2v) is 11.9. The van der Waals surface area contributed by atoms with Crippen LogP contribution in [-0.4, -0.2) is 38.3 Å². The van der Waals surface area contributed by atoms with Gasteiger partial charge in [0, 0.05) is 40.8 Å². The Morgan fingerprint density at radius 1 is 0.935 bits per heavy atom. The van der Waals surface area contributed by atoms with Crippen molar-refractivity contribution >= 4 is 37.5 Å². The third kappa shape index (κ3) is 3.64. The fraction of sp³-hybridized carbons (Fsp3) is 0.458. The average Bonchev–Trinajstić information content (AvgIpc) is 3.42. The van der Waals surface area contributed by atoms with Crippen molar-refractivity contribution in [1.82, 2.24) is 4.31 Å². The van der Waals surface area contributed by atoms with Gasteiger partial charge in [-0.1, -0.05) is 41.3 Å². The SMILES string of the molecule is O=C(c1cccc(S(=O)(=O)N2CCCC2)c1)N1CC2(CCCCC2)c2cc(Br)ccc21. The lowest BCUT2D eigenvalue weighted by molar-refractivity contribution is 0.0982. The second-order valence-electron chi connectivity index (χ2n) is 9.03. The highest BCUT2D eigenvalue weighted by atomic mass is 79.9. The van der Waals surface area contributed by atoms with Gasteiger partial charge in [0.15, 0.2) is 0 Å². The van der Waals surface area contributed by atoms with Crippen LogP contribution in [0.3, 0.4) is 0 Å². The number of sulfonamides is 1. The summed E-state index contributed by atoms with van der Waals surface area (Å²) in [4.78, 5) is 15.7. The summed E-state index contributed by atoms with van der Waals surface area (Å²) < 4.78 is 28.6. The number of carbonyl (C=O) groups excluding carboxylic acids is 1. The summed E-state index contributed by atoms with van der Waals surface area (Å²) in [6.45, 7) is 1.77. The van der Waals surface area contributed by atoms with E-state index in [4.69, 9.17) is 0 Å². The number of hydrogen-bond donors (Lipinski definition) is 0. The summed E-state index contributed by atoms with van der Waals surface area (Å²) in [6.07, 6.45) is 7.55. The quantitative estimate of drug-likeness (QED) is 0.586. The minimum absolute atomic E-state index is 0.00621. The summed E-state index contributed by atoms with van der Waals surface area (Å²) in [5.41, 5.74) is 2.65. The van der Waals surface area contributed by atoms with Gasteiger partial charge in [0.25, 0.3) is 5.91 Å². The minimum Gasteiger partial charge on any atom is -0.307 e. The molecule has 1 saturated carbocycles. The number of carbonyl (C=O) groups is 1. The average molecular weight is 503 g/mol. The van der Waals surface area contributed by atoms with Gasteiger partial charge in [0.05, 0.1) is 4.90 Å². The Balaban J connectivity index is 1.50. The summed E-state index contributed by atoms with van der Waals surface area (Å²) in [6, 6.07) is 12.7. The van der Waals surface area contributed by atoms with Crippen molar-refractivity contribution < 1.29 is 13.2 Å². The van der Waals surface area contributed by atoms with Crippen LogP contribution >= 0.6 is 15.9 Å². The van der Waals surface area contributed by atoms with Gasteiger partial charge in [0.2, 0.25) is 10.0 Å². The normalized spacial score (nSPS) is 20.9. The number of nitrogens with zero attached hydrogens (tertiary/aromatic N) is 2. The monoisotopic (exact) mass is 502 g/mol. The molecule has 2 aromatic rings. The Kier molecular flexibility index (Phi) is 5.47. The van der Waals surface area contributed by atoms with Gasteiger partial charge in [-0.05, 0) is 67.6 Å². The highest BCUT2D eigenvalue weighted by Crippen LogP contribution is 2.50. The lowest BCUT2D eigenvalue weighted by atomic mass is 9.71.